The van der Waals surface area contributed by atoms with Gasteiger partial charge in [0.1, 0.15) is 17.6 Å². The molecule has 0 aliphatic carbocycles. The van der Waals surface area contributed by atoms with Crippen LogP contribution in [0.3, 0.4) is 0 Å². The third kappa shape index (κ3) is 5.68. The number of alkyl halides is 6. The van der Waals surface area contributed by atoms with Gasteiger partial charge in [-0.05, 0) is 63.8 Å². The third-order valence-corrected chi connectivity index (χ3v) is 7.42. The Morgan fingerprint density at radius 3 is 2.17 bits per heavy atom. The normalized spacial score (nSPS) is 20.1. The quantitative estimate of drug-likeness (QED) is 0.304. The molecule has 41 heavy (non-hydrogen) atoms. The molecule has 14 heteroatoms. The molecule has 0 unspecified atom stereocenters. The minimum atomic E-state index is -5.03. The lowest BCUT2D eigenvalue weighted by molar-refractivity contribution is -0.143. The van der Waals surface area contributed by atoms with Crippen LogP contribution in [-0.4, -0.2) is 45.2 Å². The van der Waals surface area contributed by atoms with Gasteiger partial charge in [0.25, 0.3) is 0 Å². The number of amides is 1. The van der Waals surface area contributed by atoms with Crippen molar-refractivity contribution in [1.82, 2.24) is 20.0 Å². The Morgan fingerprint density at radius 2 is 1.61 bits per heavy atom. The van der Waals surface area contributed by atoms with E-state index in [9.17, 15) is 31.1 Å². The van der Waals surface area contributed by atoms with E-state index in [0.717, 1.165) is 32.4 Å². The van der Waals surface area contributed by atoms with E-state index in [-0.39, 0.29) is 12.6 Å². The molecule has 2 aliphatic heterocycles. The highest BCUT2D eigenvalue weighted by Crippen LogP contribution is 2.41. The first-order valence-electron chi connectivity index (χ1n) is 13.0. The Balaban J connectivity index is 1.51. The molecule has 4 heterocycles. The van der Waals surface area contributed by atoms with Gasteiger partial charge in [-0.15, -0.1) is 0 Å². The molecular formula is C27H27F6N5O3. The predicted octanol–water partition coefficient (Wildman–Crippen LogP) is 6.86. The van der Waals surface area contributed by atoms with Crippen LogP contribution in [0.1, 0.15) is 66.1 Å². The monoisotopic (exact) mass is 583 g/mol. The molecule has 1 aromatic carbocycles. The summed E-state index contributed by atoms with van der Waals surface area (Å²) >= 11 is 0. The number of hydrogen-bond acceptors (Lipinski definition) is 7. The maximum atomic E-state index is 13.5. The van der Waals surface area contributed by atoms with Crippen molar-refractivity contribution in [2.75, 3.05) is 18.0 Å². The Morgan fingerprint density at radius 1 is 0.976 bits per heavy atom. The van der Waals surface area contributed by atoms with E-state index < -0.39 is 47.3 Å². The van der Waals surface area contributed by atoms with Gasteiger partial charge in [0.15, 0.2) is 5.82 Å². The van der Waals surface area contributed by atoms with Crippen LogP contribution in [0.2, 0.25) is 0 Å². The second kappa shape index (κ2) is 10.5. The number of aromatic nitrogens is 3. The molecule has 220 valence electrons. The Hall–Kier alpha value is -3.84. The fraction of sp³-hybridized carbons (Fsp3) is 0.481. The van der Waals surface area contributed by atoms with Crippen LogP contribution in [-0.2, 0) is 23.6 Å². The number of ether oxygens (including phenoxy) is 1. The number of aryl methyl sites for hydroxylation is 2. The Labute approximate surface area is 231 Å². The van der Waals surface area contributed by atoms with Gasteiger partial charge >= 0.3 is 18.4 Å². The average Bonchev–Trinajstić information content (AvgIpc) is 3.40. The number of piperidine rings is 1. The van der Waals surface area contributed by atoms with Gasteiger partial charge in [-0.3, -0.25) is 4.90 Å². The second-order valence-electron chi connectivity index (χ2n) is 10.3. The van der Waals surface area contributed by atoms with E-state index in [0.29, 0.717) is 46.4 Å². The minimum Gasteiger partial charge on any atom is -0.439 e. The number of nitrogens with zero attached hydrogens (tertiary/aromatic N) is 5. The first-order valence-corrected chi connectivity index (χ1v) is 13.0. The number of carbonyl (C=O) groups is 1. The van der Waals surface area contributed by atoms with Crippen LogP contribution in [0.15, 0.2) is 28.9 Å². The van der Waals surface area contributed by atoms with Crippen molar-refractivity contribution in [1.29, 1.82) is 0 Å². The number of benzene rings is 1. The number of anilines is 1. The van der Waals surface area contributed by atoms with Gasteiger partial charge in [-0.25, -0.2) is 14.8 Å². The van der Waals surface area contributed by atoms with Gasteiger partial charge < -0.3 is 14.2 Å². The van der Waals surface area contributed by atoms with E-state index in [2.05, 4.69) is 15.0 Å². The van der Waals surface area contributed by atoms with E-state index >= 15 is 0 Å². The fourth-order valence-corrected chi connectivity index (χ4v) is 5.33. The zero-order valence-electron chi connectivity index (χ0n) is 22.4. The van der Waals surface area contributed by atoms with Crippen molar-refractivity contribution in [2.45, 2.75) is 71.1 Å². The van der Waals surface area contributed by atoms with Gasteiger partial charge in [0, 0.05) is 13.1 Å². The topological polar surface area (TPSA) is 84.6 Å². The standard InChI is InChI=1S/C27H27F6N5O3/c1-14-22(16(3)41-36-14)20-12-34-24(37-7-5-4-6-8-37)21(35-20)13-38-15(2)23(40-25(38)39)17-9-18(26(28,29)30)11-19(10-17)27(31,32)33/h9-12,15,23H,4-8,13H2,1-3H3/t15-,23-/m0/s1. The van der Waals surface area contributed by atoms with Crippen LogP contribution in [0.4, 0.5) is 37.0 Å². The number of hydrogen-bond donors (Lipinski definition) is 0. The Kier molecular flexibility index (Phi) is 7.36. The van der Waals surface area contributed by atoms with Crippen LogP contribution in [0, 0.1) is 13.8 Å². The second-order valence-corrected chi connectivity index (χ2v) is 10.3. The molecule has 3 aromatic rings. The predicted molar refractivity (Wildman–Crippen MR) is 134 cm³/mol. The van der Waals surface area contributed by atoms with E-state index in [1.165, 1.54) is 11.8 Å². The summed E-state index contributed by atoms with van der Waals surface area (Å²) in [6, 6.07) is 0.309. The molecular weight excluding hydrogens is 556 g/mol. The third-order valence-electron chi connectivity index (χ3n) is 7.42. The molecule has 0 radical (unpaired) electrons. The van der Waals surface area contributed by atoms with Crippen molar-refractivity contribution in [3.8, 4) is 11.3 Å². The molecule has 2 saturated heterocycles. The minimum absolute atomic E-state index is 0.0450. The first kappa shape index (κ1) is 28.7. The van der Waals surface area contributed by atoms with Crippen molar-refractivity contribution in [3.05, 3.63) is 58.2 Å². The smallest absolute Gasteiger partial charge is 0.416 e. The molecule has 0 N–H and O–H groups in total. The van der Waals surface area contributed by atoms with Gasteiger partial charge in [-0.1, -0.05) is 5.16 Å². The van der Waals surface area contributed by atoms with Crippen LogP contribution in [0.5, 0.6) is 0 Å². The fourth-order valence-electron chi connectivity index (χ4n) is 5.33. The summed E-state index contributed by atoms with van der Waals surface area (Å²) < 4.78 is 91.5. The molecule has 2 aromatic heterocycles. The van der Waals surface area contributed by atoms with E-state index in [4.69, 9.17) is 14.2 Å². The van der Waals surface area contributed by atoms with Gasteiger partial charge in [0.05, 0.1) is 46.9 Å². The number of carbonyl (C=O) groups excluding carboxylic acids is 1. The highest BCUT2D eigenvalue weighted by molar-refractivity contribution is 5.72. The molecule has 2 atom stereocenters. The van der Waals surface area contributed by atoms with E-state index in [1.807, 2.05) is 0 Å². The van der Waals surface area contributed by atoms with E-state index in [1.54, 1.807) is 20.0 Å². The molecule has 5 rings (SSSR count). The summed E-state index contributed by atoms with van der Waals surface area (Å²) in [6.07, 6.45) is -7.79. The molecule has 2 fully saturated rings. The maximum absolute atomic E-state index is 13.5. The molecule has 0 saturated carbocycles. The van der Waals surface area contributed by atoms with Crippen molar-refractivity contribution in [3.63, 3.8) is 0 Å². The van der Waals surface area contributed by atoms with Crippen LogP contribution >= 0.6 is 0 Å². The largest absolute Gasteiger partial charge is 0.439 e. The number of cyclic esters (lactones) is 1. The number of halogens is 6. The molecule has 0 spiro atoms. The summed E-state index contributed by atoms with van der Waals surface area (Å²) in [5.41, 5.74) is -1.25. The Bertz CT molecular complexity index is 1400. The molecule has 0 bridgehead atoms. The van der Waals surface area contributed by atoms with Gasteiger partial charge in [0.2, 0.25) is 0 Å². The lowest BCUT2D eigenvalue weighted by Crippen LogP contribution is -2.35. The molecule has 1 amide bonds. The summed E-state index contributed by atoms with van der Waals surface area (Å²) in [5.74, 6) is 1.06. The summed E-state index contributed by atoms with van der Waals surface area (Å²) in [5, 5.41) is 3.96. The lowest BCUT2D eigenvalue weighted by atomic mass is 9.97. The molecule has 8 nitrogen and oxygen atoms in total. The maximum Gasteiger partial charge on any atom is 0.416 e. The average molecular weight is 584 g/mol. The van der Waals surface area contributed by atoms with Gasteiger partial charge in [-0.2, -0.15) is 26.3 Å². The van der Waals surface area contributed by atoms with Crippen molar-refractivity contribution in [2.24, 2.45) is 0 Å². The summed E-state index contributed by atoms with van der Waals surface area (Å²) in [7, 11) is 0. The van der Waals surface area contributed by atoms with Crippen LogP contribution < -0.4 is 4.90 Å². The summed E-state index contributed by atoms with van der Waals surface area (Å²) in [6.45, 7) is 6.30. The first-order chi connectivity index (χ1) is 19.2. The van der Waals surface area contributed by atoms with Crippen molar-refractivity contribution < 1.29 is 40.4 Å². The summed E-state index contributed by atoms with van der Waals surface area (Å²) in [4.78, 5) is 25.7. The number of rotatable bonds is 5. The van der Waals surface area contributed by atoms with Crippen LogP contribution in [0.25, 0.3) is 11.3 Å². The lowest BCUT2D eigenvalue weighted by Gasteiger charge is -2.30. The zero-order valence-corrected chi connectivity index (χ0v) is 22.4. The molecule has 2 aliphatic rings. The van der Waals surface area contributed by atoms with Crippen molar-refractivity contribution >= 4 is 11.9 Å². The SMILES string of the molecule is Cc1noc(C)c1-c1cnc(N2CCCCC2)c(CN2C(=O)O[C@H](c3cc(C(F)(F)F)cc(C(F)(F)F)c3)[C@@H]2C)n1. The highest BCUT2D eigenvalue weighted by atomic mass is 19.4. The highest BCUT2D eigenvalue weighted by Gasteiger charge is 2.44. The zero-order chi connectivity index (χ0) is 29.7.